The highest BCUT2D eigenvalue weighted by molar-refractivity contribution is 5.26. The molecule has 19 heavy (non-hydrogen) atoms. The molecule has 2 heteroatoms. The van der Waals surface area contributed by atoms with Gasteiger partial charge in [-0.1, -0.05) is 50.2 Å². The molecule has 100 valence electrons. The number of hydrogen-bond donors (Lipinski definition) is 1. The topological polar surface area (TPSA) is 24.9 Å². The van der Waals surface area contributed by atoms with Crippen LogP contribution in [0.15, 0.2) is 54.9 Å². The van der Waals surface area contributed by atoms with E-state index >= 15 is 0 Å². The first kappa shape index (κ1) is 13.8. The first-order valence-electron chi connectivity index (χ1n) is 7.05. The molecule has 0 saturated carbocycles. The highest BCUT2D eigenvalue weighted by Gasteiger charge is 2.22. The second-order valence-corrected chi connectivity index (χ2v) is 4.75. The van der Waals surface area contributed by atoms with E-state index in [1.54, 1.807) is 0 Å². The molecule has 1 aromatic heterocycles. The summed E-state index contributed by atoms with van der Waals surface area (Å²) in [5, 5.41) is 3.61. The van der Waals surface area contributed by atoms with Gasteiger partial charge in [-0.25, -0.2) is 0 Å². The number of rotatable bonds is 6. The molecule has 0 fully saturated rings. The molecule has 0 radical (unpaired) electrons. The van der Waals surface area contributed by atoms with E-state index in [0.717, 1.165) is 13.0 Å². The lowest BCUT2D eigenvalue weighted by atomic mass is 9.85. The van der Waals surface area contributed by atoms with Crippen molar-refractivity contribution < 1.29 is 0 Å². The normalized spacial score (nSPS) is 14.0. The van der Waals surface area contributed by atoms with Gasteiger partial charge in [0.1, 0.15) is 0 Å². The van der Waals surface area contributed by atoms with Crippen LogP contribution in [-0.2, 0) is 0 Å². The zero-order valence-electron chi connectivity index (χ0n) is 11.7. The van der Waals surface area contributed by atoms with Gasteiger partial charge in [0.05, 0.1) is 0 Å². The van der Waals surface area contributed by atoms with Crippen molar-refractivity contribution in [2.45, 2.75) is 32.2 Å². The lowest BCUT2D eigenvalue weighted by Crippen LogP contribution is -2.27. The van der Waals surface area contributed by atoms with E-state index in [4.69, 9.17) is 0 Å². The van der Waals surface area contributed by atoms with Gasteiger partial charge in [0.15, 0.2) is 0 Å². The molecule has 0 aliphatic heterocycles. The molecule has 2 nitrogen and oxygen atoms in total. The molecule has 0 aliphatic rings. The number of nitrogens with zero attached hydrogens (tertiary/aromatic N) is 1. The summed E-state index contributed by atoms with van der Waals surface area (Å²) in [4.78, 5) is 4.26. The maximum Gasteiger partial charge on any atom is 0.0404 e. The van der Waals surface area contributed by atoms with E-state index in [1.807, 2.05) is 18.5 Å². The summed E-state index contributed by atoms with van der Waals surface area (Å²) in [5.41, 5.74) is 2.65. The molecule has 2 aromatic rings. The molecule has 2 unspecified atom stereocenters. The maximum atomic E-state index is 4.26. The molecular formula is C17H22N2. The maximum absolute atomic E-state index is 4.26. The molecule has 2 rings (SSSR count). The molecule has 0 bridgehead atoms. The summed E-state index contributed by atoms with van der Waals surface area (Å²) >= 11 is 0. The van der Waals surface area contributed by atoms with Crippen molar-refractivity contribution in [3.8, 4) is 0 Å². The van der Waals surface area contributed by atoms with Crippen LogP contribution in [-0.4, -0.2) is 11.5 Å². The van der Waals surface area contributed by atoms with Crippen LogP contribution in [0, 0.1) is 0 Å². The number of nitrogens with one attached hydrogen (secondary N) is 1. The van der Waals surface area contributed by atoms with Crippen LogP contribution in [0.2, 0.25) is 0 Å². The Bertz CT molecular complexity index is 467. The highest BCUT2D eigenvalue weighted by atomic mass is 14.9. The van der Waals surface area contributed by atoms with Crippen LogP contribution < -0.4 is 5.32 Å². The van der Waals surface area contributed by atoms with Crippen LogP contribution in [0.3, 0.4) is 0 Å². The minimum atomic E-state index is 0.325. The number of benzene rings is 1. The van der Waals surface area contributed by atoms with Crippen LogP contribution >= 0.6 is 0 Å². The van der Waals surface area contributed by atoms with Crippen LogP contribution in [0.5, 0.6) is 0 Å². The van der Waals surface area contributed by atoms with Gasteiger partial charge in [-0.3, -0.25) is 4.98 Å². The SMILES string of the molecule is CCNC(c1cccnc1)C(CC)c1ccccc1. The highest BCUT2D eigenvalue weighted by Crippen LogP contribution is 2.33. The summed E-state index contributed by atoms with van der Waals surface area (Å²) in [7, 11) is 0. The van der Waals surface area contributed by atoms with Crippen molar-refractivity contribution in [1.82, 2.24) is 10.3 Å². The predicted octanol–water partition coefficient (Wildman–Crippen LogP) is 3.93. The average Bonchev–Trinajstić information content (AvgIpc) is 2.49. The zero-order chi connectivity index (χ0) is 13.5. The molecule has 2 atom stereocenters. The molecule has 1 N–H and O–H groups in total. The monoisotopic (exact) mass is 254 g/mol. The van der Waals surface area contributed by atoms with E-state index in [-0.39, 0.29) is 0 Å². The van der Waals surface area contributed by atoms with Crippen LogP contribution in [0.1, 0.15) is 43.4 Å². The summed E-state index contributed by atoms with van der Waals surface area (Å²) in [6.07, 6.45) is 4.91. The first-order chi connectivity index (χ1) is 9.36. The third-order valence-corrected chi connectivity index (χ3v) is 3.54. The summed E-state index contributed by atoms with van der Waals surface area (Å²) in [5.74, 6) is 0.477. The Hall–Kier alpha value is -1.67. The zero-order valence-corrected chi connectivity index (χ0v) is 11.7. The Labute approximate surface area is 115 Å². The third kappa shape index (κ3) is 3.42. The van der Waals surface area contributed by atoms with Gasteiger partial charge in [0.25, 0.3) is 0 Å². The molecule has 1 heterocycles. The Kier molecular flexibility index (Phi) is 5.10. The lowest BCUT2D eigenvalue weighted by Gasteiger charge is -2.27. The van der Waals surface area contributed by atoms with Crippen LogP contribution in [0.4, 0.5) is 0 Å². The number of hydrogen-bond acceptors (Lipinski definition) is 2. The molecule has 0 saturated heterocycles. The Morgan fingerprint density at radius 1 is 1.00 bits per heavy atom. The third-order valence-electron chi connectivity index (χ3n) is 3.54. The van der Waals surface area contributed by atoms with Gasteiger partial charge in [0.2, 0.25) is 0 Å². The van der Waals surface area contributed by atoms with Crippen molar-refractivity contribution in [1.29, 1.82) is 0 Å². The smallest absolute Gasteiger partial charge is 0.0404 e. The minimum Gasteiger partial charge on any atom is -0.310 e. The number of likely N-dealkylation sites (N-methyl/N-ethyl adjacent to an activating group) is 1. The Balaban J connectivity index is 2.31. The summed E-state index contributed by atoms with van der Waals surface area (Å²) in [6, 6.07) is 15.2. The molecule has 0 aliphatic carbocycles. The van der Waals surface area contributed by atoms with Gasteiger partial charge < -0.3 is 5.32 Å². The van der Waals surface area contributed by atoms with E-state index in [2.05, 4.69) is 60.5 Å². The fraction of sp³-hybridized carbons (Fsp3) is 0.353. The van der Waals surface area contributed by atoms with Gasteiger partial charge >= 0.3 is 0 Å². The van der Waals surface area contributed by atoms with Crippen molar-refractivity contribution in [3.63, 3.8) is 0 Å². The quantitative estimate of drug-likeness (QED) is 0.845. The lowest BCUT2D eigenvalue weighted by molar-refractivity contribution is 0.444. The molecule has 0 spiro atoms. The largest absolute Gasteiger partial charge is 0.310 e. The molecule has 1 aromatic carbocycles. The molecule has 0 amide bonds. The standard InChI is InChI=1S/C17H22N2/c1-3-16(14-9-6-5-7-10-14)17(19-4-2)15-11-8-12-18-13-15/h5-13,16-17,19H,3-4H2,1-2H3. The second kappa shape index (κ2) is 7.05. The van der Waals surface area contributed by atoms with Crippen LogP contribution in [0.25, 0.3) is 0 Å². The van der Waals surface area contributed by atoms with E-state index in [1.165, 1.54) is 11.1 Å². The van der Waals surface area contributed by atoms with Crippen molar-refractivity contribution in [3.05, 3.63) is 66.0 Å². The van der Waals surface area contributed by atoms with Gasteiger partial charge in [-0.05, 0) is 30.2 Å². The van der Waals surface area contributed by atoms with E-state index in [0.29, 0.717) is 12.0 Å². The number of aromatic nitrogens is 1. The fourth-order valence-electron chi connectivity index (χ4n) is 2.64. The number of pyridine rings is 1. The predicted molar refractivity (Wildman–Crippen MR) is 80.1 cm³/mol. The van der Waals surface area contributed by atoms with Gasteiger partial charge in [-0.15, -0.1) is 0 Å². The Morgan fingerprint density at radius 2 is 1.74 bits per heavy atom. The summed E-state index contributed by atoms with van der Waals surface area (Å²) < 4.78 is 0. The minimum absolute atomic E-state index is 0.325. The van der Waals surface area contributed by atoms with Crippen molar-refractivity contribution >= 4 is 0 Å². The first-order valence-corrected chi connectivity index (χ1v) is 7.05. The Morgan fingerprint density at radius 3 is 2.32 bits per heavy atom. The fourth-order valence-corrected chi connectivity index (χ4v) is 2.64. The van der Waals surface area contributed by atoms with E-state index in [9.17, 15) is 0 Å². The van der Waals surface area contributed by atoms with Gasteiger partial charge in [-0.2, -0.15) is 0 Å². The van der Waals surface area contributed by atoms with Gasteiger partial charge in [0, 0.05) is 24.4 Å². The molecular weight excluding hydrogens is 232 g/mol. The second-order valence-electron chi connectivity index (χ2n) is 4.75. The average molecular weight is 254 g/mol. The van der Waals surface area contributed by atoms with E-state index < -0.39 is 0 Å². The summed E-state index contributed by atoms with van der Waals surface area (Å²) in [6.45, 7) is 5.36. The van der Waals surface area contributed by atoms with Crippen molar-refractivity contribution in [2.75, 3.05) is 6.54 Å². The van der Waals surface area contributed by atoms with Crippen molar-refractivity contribution in [2.24, 2.45) is 0 Å².